The summed E-state index contributed by atoms with van der Waals surface area (Å²) in [6, 6.07) is -0.359. The lowest BCUT2D eigenvalue weighted by Crippen LogP contribution is -2.41. The standard InChI is InChI=1S/C12H21NO5/c1-12(2,3)18-11(16)13-7-9(17-4)5-8(13)6-10(14)15/h8-9H,5-7H2,1-4H3,(H,14,15)/t8?,9-/m1/s1. The van der Waals surface area contributed by atoms with Crippen LogP contribution in [0.4, 0.5) is 4.79 Å². The third kappa shape index (κ3) is 4.18. The molecular weight excluding hydrogens is 238 g/mol. The van der Waals surface area contributed by atoms with Crippen molar-refractivity contribution in [1.29, 1.82) is 0 Å². The lowest BCUT2D eigenvalue weighted by atomic mass is 10.1. The first kappa shape index (κ1) is 14.8. The summed E-state index contributed by atoms with van der Waals surface area (Å²) < 4.78 is 10.5. The van der Waals surface area contributed by atoms with Gasteiger partial charge in [0.05, 0.1) is 19.1 Å². The van der Waals surface area contributed by atoms with E-state index >= 15 is 0 Å². The Morgan fingerprint density at radius 3 is 2.44 bits per heavy atom. The smallest absolute Gasteiger partial charge is 0.410 e. The number of carbonyl (C=O) groups excluding carboxylic acids is 1. The minimum absolute atomic E-state index is 0.0842. The van der Waals surface area contributed by atoms with Crippen LogP contribution in [-0.4, -0.2) is 53.5 Å². The van der Waals surface area contributed by atoms with E-state index in [-0.39, 0.29) is 18.6 Å². The van der Waals surface area contributed by atoms with E-state index in [2.05, 4.69) is 0 Å². The van der Waals surface area contributed by atoms with E-state index in [0.717, 1.165) is 0 Å². The molecule has 0 aliphatic carbocycles. The fourth-order valence-electron chi connectivity index (χ4n) is 1.98. The van der Waals surface area contributed by atoms with E-state index < -0.39 is 17.7 Å². The Morgan fingerprint density at radius 1 is 1.39 bits per heavy atom. The molecule has 1 fully saturated rings. The first-order valence-corrected chi connectivity index (χ1v) is 5.97. The Kier molecular flexibility index (Phi) is 4.56. The molecule has 0 saturated carbocycles. The fourth-order valence-corrected chi connectivity index (χ4v) is 1.98. The Bertz CT molecular complexity index is 323. The van der Waals surface area contributed by atoms with Crippen molar-refractivity contribution < 1.29 is 24.2 Å². The Morgan fingerprint density at radius 2 is 2.00 bits per heavy atom. The lowest BCUT2D eigenvalue weighted by Gasteiger charge is -2.27. The minimum Gasteiger partial charge on any atom is -0.481 e. The number of ether oxygens (including phenoxy) is 2. The van der Waals surface area contributed by atoms with Crippen molar-refractivity contribution in [3.8, 4) is 0 Å². The molecule has 104 valence electrons. The van der Waals surface area contributed by atoms with Gasteiger partial charge in [0.1, 0.15) is 5.60 Å². The van der Waals surface area contributed by atoms with Gasteiger partial charge in [-0.25, -0.2) is 4.79 Å². The van der Waals surface area contributed by atoms with E-state index in [0.29, 0.717) is 13.0 Å². The quantitative estimate of drug-likeness (QED) is 0.831. The molecular formula is C12H21NO5. The third-order valence-corrected chi connectivity index (χ3v) is 2.75. The van der Waals surface area contributed by atoms with Gasteiger partial charge in [0.2, 0.25) is 0 Å². The second kappa shape index (κ2) is 5.56. The van der Waals surface area contributed by atoms with Crippen molar-refractivity contribution in [2.75, 3.05) is 13.7 Å². The molecule has 1 aliphatic rings. The average molecular weight is 259 g/mol. The third-order valence-electron chi connectivity index (χ3n) is 2.75. The van der Waals surface area contributed by atoms with Crippen LogP contribution in [0.2, 0.25) is 0 Å². The number of aliphatic carboxylic acids is 1. The number of hydrogen-bond donors (Lipinski definition) is 1. The Hall–Kier alpha value is -1.30. The zero-order valence-electron chi connectivity index (χ0n) is 11.3. The summed E-state index contributed by atoms with van der Waals surface area (Å²) in [7, 11) is 1.56. The summed E-state index contributed by atoms with van der Waals surface area (Å²) in [6.07, 6.45) is -0.156. The Balaban J connectivity index is 2.70. The van der Waals surface area contributed by atoms with Crippen LogP contribution in [0.25, 0.3) is 0 Å². The molecule has 18 heavy (non-hydrogen) atoms. The second-order valence-corrected chi connectivity index (χ2v) is 5.48. The molecule has 1 amide bonds. The number of rotatable bonds is 3. The number of carboxylic acid groups (broad SMARTS) is 1. The van der Waals surface area contributed by atoms with Crippen LogP contribution in [0.5, 0.6) is 0 Å². The highest BCUT2D eigenvalue weighted by Gasteiger charge is 2.38. The molecule has 6 nitrogen and oxygen atoms in total. The monoisotopic (exact) mass is 259 g/mol. The molecule has 2 atom stereocenters. The number of hydrogen-bond acceptors (Lipinski definition) is 4. The largest absolute Gasteiger partial charge is 0.481 e. The molecule has 0 bridgehead atoms. The van der Waals surface area contributed by atoms with Crippen LogP contribution in [-0.2, 0) is 14.3 Å². The van der Waals surface area contributed by atoms with Crippen molar-refractivity contribution >= 4 is 12.1 Å². The van der Waals surface area contributed by atoms with Crippen LogP contribution in [0.3, 0.4) is 0 Å². The number of amides is 1. The van der Waals surface area contributed by atoms with Crippen LogP contribution in [0.1, 0.15) is 33.6 Å². The fraction of sp³-hybridized carbons (Fsp3) is 0.833. The van der Waals surface area contributed by atoms with E-state index in [1.165, 1.54) is 4.90 Å². The summed E-state index contributed by atoms with van der Waals surface area (Å²) in [5, 5.41) is 8.85. The van der Waals surface area contributed by atoms with E-state index in [9.17, 15) is 9.59 Å². The zero-order valence-corrected chi connectivity index (χ0v) is 11.3. The summed E-state index contributed by atoms with van der Waals surface area (Å²) in [4.78, 5) is 24.2. The van der Waals surface area contributed by atoms with Gasteiger partial charge in [0.15, 0.2) is 0 Å². The number of methoxy groups -OCH3 is 1. The van der Waals surface area contributed by atoms with Crippen LogP contribution >= 0.6 is 0 Å². The minimum atomic E-state index is -0.926. The topological polar surface area (TPSA) is 76.1 Å². The maximum atomic E-state index is 12.0. The molecule has 0 spiro atoms. The summed E-state index contributed by atoms with van der Waals surface area (Å²) in [5.41, 5.74) is -0.587. The van der Waals surface area contributed by atoms with Crippen molar-refractivity contribution in [3.63, 3.8) is 0 Å². The average Bonchev–Trinajstić information content (AvgIpc) is 2.57. The highest BCUT2D eigenvalue weighted by Crippen LogP contribution is 2.24. The van der Waals surface area contributed by atoms with Gasteiger partial charge in [-0.3, -0.25) is 4.79 Å². The molecule has 1 heterocycles. The highest BCUT2D eigenvalue weighted by molar-refractivity contribution is 5.72. The molecule has 0 aromatic heterocycles. The summed E-state index contributed by atoms with van der Waals surface area (Å²) in [5.74, 6) is -0.926. The van der Waals surface area contributed by atoms with Gasteiger partial charge in [-0.15, -0.1) is 0 Å². The van der Waals surface area contributed by atoms with Gasteiger partial charge < -0.3 is 19.5 Å². The van der Waals surface area contributed by atoms with Crippen LogP contribution < -0.4 is 0 Å². The van der Waals surface area contributed by atoms with Crippen LogP contribution in [0, 0.1) is 0 Å². The molecule has 1 N–H and O–H groups in total. The second-order valence-electron chi connectivity index (χ2n) is 5.48. The van der Waals surface area contributed by atoms with Gasteiger partial charge in [-0.05, 0) is 27.2 Å². The number of nitrogens with zero attached hydrogens (tertiary/aromatic N) is 1. The number of likely N-dealkylation sites (tertiary alicyclic amines) is 1. The first-order valence-electron chi connectivity index (χ1n) is 5.97. The summed E-state index contributed by atoms with van der Waals surface area (Å²) in [6.45, 7) is 5.71. The highest BCUT2D eigenvalue weighted by atomic mass is 16.6. The van der Waals surface area contributed by atoms with E-state index in [4.69, 9.17) is 14.6 Å². The first-order chi connectivity index (χ1) is 8.23. The molecule has 6 heteroatoms. The predicted molar refractivity (Wildman–Crippen MR) is 64.4 cm³/mol. The predicted octanol–water partition coefficient (Wildman–Crippen LogP) is 1.49. The van der Waals surface area contributed by atoms with Crippen molar-refractivity contribution in [3.05, 3.63) is 0 Å². The number of carboxylic acids is 1. The van der Waals surface area contributed by atoms with E-state index in [1.807, 2.05) is 0 Å². The molecule has 0 aromatic carbocycles. The zero-order chi connectivity index (χ0) is 13.9. The van der Waals surface area contributed by atoms with Crippen molar-refractivity contribution in [2.24, 2.45) is 0 Å². The lowest BCUT2D eigenvalue weighted by molar-refractivity contribution is -0.138. The maximum absolute atomic E-state index is 12.0. The Labute approximate surface area is 107 Å². The molecule has 1 aliphatic heterocycles. The van der Waals surface area contributed by atoms with Gasteiger partial charge in [-0.2, -0.15) is 0 Å². The molecule has 1 saturated heterocycles. The van der Waals surface area contributed by atoms with Gasteiger partial charge in [0.25, 0.3) is 0 Å². The summed E-state index contributed by atoms with van der Waals surface area (Å²) >= 11 is 0. The van der Waals surface area contributed by atoms with Gasteiger partial charge in [0, 0.05) is 13.2 Å². The molecule has 0 radical (unpaired) electrons. The maximum Gasteiger partial charge on any atom is 0.410 e. The SMILES string of the molecule is CO[C@@H]1CC(CC(=O)O)N(C(=O)OC(C)(C)C)C1. The molecule has 1 rings (SSSR count). The van der Waals surface area contributed by atoms with Crippen LogP contribution in [0.15, 0.2) is 0 Å². The van der Waals surface area contributed by atoms with Gasteiger partial charge in [-0.1, -0.05) is 0 Å². The van der Waals surface area contributed by atoms with E-state index in [1.54, 1.807) is 27.9 Å². The number of carbonyl (C=O) groups is 2. The normalized spacial score (nSPS) is 24.1. The molecule has 0 aromatic rings. The van der Waals surface area contributed by atoms with Gasteiger partial charge >= 0.3 is 12.1 Å². The van der Waals surface area contributed by atoms with Crippen molar-refractivity contribution in [2.45, 2.75) is 51.4 Å². The molecule has 1 unspecified atom stereocenters. The van der Waals surface area contributed by atoms with Crippen molar-refractivity contribution in [1.82, 2.24) is 4.90 Å².